The highest BCUT2D eigenvalue weighted by atomic mass is 35.5. The number of nitrogens with zero attached hydrogens (tertiary/aromatic N) is 1. The van der Waals surface area contributed by atoms with Crippen LogP contribution < -0.4 is 5.32 Å². The standard InChI is InChI=1S/C19H16Cl2N2O2/c1-10-15(20)8-6-14-12-3-2-4-13(12)19(22-18(10)14)11-5-7-16(21)17(9-11)23(24)25/h2-3,5-9,12-13,19,22H,4H2,1H3/t12-,13+,19+/m0/s1. The minimum absolute atomic E-state index is 0.0272. The summed E-state index contributed by atoms with van der Waals surface area (Å²) in [6.07, 6.45) is 5.35. The molecule has 2 aliphatic rings. The molecule has 0 spiro atoms. The molecule has 6 heteroatoms. The van der Waals surface area contributed by atoms with E-state index in [0.717, 1.165) is 23.2 Å². The lowest BCUT2D eigenvalue weighted by molar-refractivity contribution is -0.384. The van der Waals surface area contributed by atoms with Crippen molar-refractivity contribution in [2.75, 3.05) is 5.32 Å². The first kappa shape index (κ1) is 16.4. The molecular weight excluding hydrogens is 359 g/mol. The van der Waals surface area contributed by atoms with Crippen LogP contribution in [0.1, 0.15) is 35.1 Å². The van der Waals surface area contributed by atoms with Gasteiger partial charge >= 0.3 is 0 Å². The molecule has 4 rings (SSSR count). The number of nitro groups is 1. The van der Waals surface area contributed by atoms with Gasteiger partial charge in [-0.05, 0) is 48.1 Å². The van der Waals surface area contributed by atoms with Gasteiger partial charge in [0.1, 0.15) is 5.02 Å². The Morgan fingerprint density at radius 2 is 1.96 bits per heavy atom. The SMILES string of the molecule is Cc1c(Cl)ccc2c1N[C@H](c1ccc(Cl)c([N+](=O)[O-])c1)[C@@H]1CC=C[C@H]21. The number of allylic oxidation sites excluding steroid dienone is 2. The number of halogens is 2. The topological polar surface area (TPSA) is 55.2 Å². The highest BCUT2D eigenvalue weighted by Crippen LogP contribution is 2.51. The largest absolute Gasteiger partial charge is 0.377 e. The van der Waals surface area contributed by atoms with Crippen molar-refractivity contribution in [2.45, 2.75) is 25.3 Å². The van der Waals surface area contributed by atoms with Crippen LogP contribution in [0.25, 0.3) is 0 Å². The van der Waals surface area contributed by atoms with Crippen LogP contribution in [0.4, 0.5) is 11.4 Å². The van der Waals surface area contributed by atoms with E-state index in [1.54, 1.807) is 12.1 Å². The minimum atomic E-state index is -0.435. The molecule has 0 bridgehead atoms. The van der Waals surface area contributed by atoms with Crippen molar-refractivity contribution >= 4 is 34.6 Å². The van der Waals surface area contributed by atoms with Gasteiger partial charge in [-0.2, -0.15) is 0 Å². The molecule has 0 fully saturated rings. The Morgan fingerprint density at radius 1 is 1.20 bits per heavy atom. The van der Waals surface area contributed by atoms with E-state index >= 15 is 0 Å². The second kappa shape index (κ2) is 6.04. The van der Waals surface area contributed by atoms with Crippen LogP contribution in [0.2, 0.25) is 10.0 Å². The maximum absolute atomic E-state index is 11.3. The maximum atomic E-state index is 11.3. The quantitative estimate of drug-likeness (QED) is 0.396. The van der Waals surface area contributed by atoms with Gasteiger partial charge in [0.25, 0.3) is 5.69 Å². The van der Waals surface area contributed by atoms with Gasteiger partial charge < -0.3 is 5.32 Å². The predicted octanol–water partition coefficient (Wildman–Crippen LogP) is 6.04. The molecule has 1 aliphatic carbocycles. The number of nitro benzene ring substituents is 1. The van der Waals surface area contributed by atoms with Gasteiger partial charge in [0.05, 0.1) is 11.0 Å². The molecule has 4 nitrogen and oxygen atoms in total. The van der Waals surface area contributed by atoms with E-state index in [-0.39, 0.29) is 22.7 Å². The Hall–Kier alpha value is -2.04. The number of nitrogens with one attached hydrogen (secondary N) is 1. The third-order valence-electron chi connectivity index (χ3n) is 5.26. The van der Waals surface area contributed by atoms with E-state index in [4.69, 9.17) is 23.2 Å². The van der Waals surface area contributed by atoms with Gasteiger partial charge in [0.15, 0.2) is 0 Å². The number of rotatable bonds is 2. The molecule has 0 aromatic heterocycles. The van der Waals surface area contributed by atoms with Crippen LogP contribution in [0.15, 0.2) is 42.5 Å². The summed E-state index contributed by atoms with van der Waals surface area (Å²) >= 11 is 12.3. The molecular formula is C19H16Cl2N2O2. The molecule has 25 heavy (non-hydrogen) atoms. The van der Waals surface area contributed by atoms with Gasteiger partial charge in [-0.3, -0.25) is 10.1 Å². The van der Waals surface area contributed by atoms with Crippen LogP contribution >= 0.6 is 23.2 Å². The zero-order valence-electron chi connectivity index (χ0n) is 13.5. The fraction of sp³-hybridized carbons (Fsp3) is 0.263. The van der Waals surface area contributed by atoms with E-state index in [9.17, 15) is 10.1 Å². The number of hydrogen-bond donors (Lipinski definition) is 1. The van der Waals surface area contributed by atoms with E-state index in [1.165, 1.54) is 5.56 Å². The highest BCUT2D eigenvalue weighted by molar-refractivity contribution is 6.32. The monoisotopic (exact) mass is 374 g/mol. The molecule has 1 aliphatic heterocycles. The smallest absolute Gasteiger partial charge is 0.288 e. The van der Waals surface area contributed by atoms with Gasteiger partial charge in [-0.15, -0.1) is 0 Å². The second-order valence-electron chi connectivity index (χ2n) is 6.58. The summed E-state index contributed by atoms with van der Waals surface area (Å²) in [6, 6.07) is 9.04. The van der Waals surface area contributed by atoms with Crippen molar-refractivity contribution in [3.05, 3.63) is 79.3 Å². The van der Waals surface area contributed by atoms with E-state index in [0.29, 0.717) is 10.9 Å². The molecule has 1 N–H and O–H groups in total. The van der Waals surface area contributed by atoms with Crippen molar-refractivity contribution in [3.63, 3.8) is 0 Å². The van der Waals surface area contributed by atoms with Crippen molar-refractivity contribution in [3.8, 4) is 0 Å². The first-order valence-electron chi connectivity index (χ1n) is 8.13. The predicted molar refractivity (Wildman–Crippen MR) is 101 cm³/mol. The van der Waals surface area contributed by atoms with Crippen molar-refractivity contribution in [2.24, 2.45) is 5.92 Å². The summed E-state index contributed by atoms with van der Waals surface area (Å²) in [7, 11) is 0. The maximum Gasteiger partial charge on any atom is 0.288 e. The molecule has 0 radical (unpaired) electrons. The highest BCUT2D eigenvalue weighted by Gasteiger charge is 2.39. The second-order valence-corrected chi connectivity index (χ2v) is 7.39. The lowest BCUT2D eigenvalue weighted by Gasteiger charge is -2.38. The Kier molecular flexibility index (Phi) is 3.97. The molecule has 2 aromatic rings. The van der Waals surface area contributed by atoms with E-state index < -0.39 is 4.92 Å². The third kappa shape index (κ3) is 2.60. The number of benzene rings is 2. The van der Waals surface area contributed by atoms with E-state index in [2.05, 4.69) is 23.5 Å². The summed E-state index contributed by atoms with van der Waals surface area (Å²) in [4.78, 5) is 10.8. The molecule has 0 saturated heterocycles. The number of hydrogen-bond acceptors (Lipinski definition) is 3. The van der Waals surface area contributed by atoms with Crippen LogP contribution in [0, 0.1) is 23.0 Å². The zero-order valence-corrected chi connectivity index (χ0v) is 15.0. The Balaban J connectivity index is 1.83. The normalized spacial score (nSPS) is 23.7. The van der Waals surface area contributed by atoms with Crippen LogP contribution in [0.3, 0.4) is 0 Å². The molecule has 0 amide bonds. The Labute approximate surface area is 155 Å². The third-order valence-corrected chi connectivity index (χ3v) is 5.99. The summed E-state index contributed by atoms with van der Waals surface area (Å²) in [6.45, 7) is 1.99. The summed E-state index contributed by atoms with van der Waals surface area (Å²) < 4.78 is 0. The van der Waals surface area contributed by atoms with Gasteiger partial charge in [-0.1, -0.05) is 47.5 Å². The lowest BCUT2D eigenvalue weighted by atomic mass is 9.76. The summed E-state index contributed by atoms with van der Waals surface area (Å²) in [5, 5.41) is 15.7. The molecule has 0 saturated carbocycles. The molecule has 1 heterocycles. The molecule has 0 unspecified atom stereocenters. The van der Waals surface area contributed by atoms with Gasteiger partial charge in [0, 0.05) is 22.7 Å². The van der Waals surface area contributed by atoms with Crippen molar-refractivity contribution < 1.29 is 4.92 Å². The Bertz CT molecular complexity index is 911. The fourth-order valence-electron chi connectivity index (χ4n) is 3.98. The zero-order chi connectivity index (χ0) is 17.7. The Morgan fingerprint density at radius 3 is 2.72 bits per heavy atom. The molecule has 3 atom stereocenters. The first-order valence-corrected chi connectivity index (χ1v) is 8.89. The van der Waals surface area contributed by atoms with Gasteiger partial charge in [0.2, 0.25) is 0 Å². The van der Waals surface area contributed by atoms with Crippen LogP contribution in [-0.2, 0) is 0 Å². The van der Waals surface area contributed by atoms with Gasteiger partial charge in [-0.25, -0.2) is 0 Å². The average Bonchev–Trinajstić information content (AvgIpc) is 3.07. The molecule has 128 valence electrons. The first-order chi connectivity index (χ1) is 12.0. The lowest BCUT2D eigenvalue weighted by Crippen LogP contribution is -2.29. The van der Waals surface area contributed by atoms with E-state index in [1.807, 2.05) is 19.1 Å². The number of fused-ring (bicyclic) bond motifs is 3. The van der Waals surface area contributed by atoms with Crippen LogP contribution in [0.5, 0.6) is 0 Å². The minimum Gasteiger partial charge on any atom is -0.377 e. The number of anilines is 1. The summed E-state index contributed by atoms with van der Waals surface area (Å²) in [5.74, 6) is 0.598. The average molecular weight is 375 g/mol. The van der Waals surface area contributed by atoms with Crippen molar-refractivity contribution in [1.29, 1.82) is 0 Å². The molecule has 2 aromatic carbocycles. The summed E-state index contributed by atoms with van der Waals surface area (Å²) in [5.41, 5.74) is 4.09. The fourth-order valence-corrected chi connectivity index (χ4v) is 4.33. The van der Waals surface area contributed by atoms with Crippen molar-refractivity contribution in [1.82, 2.24) is 0 Å². The van der Waals surface area contributed by atoms with Crippen LogP contribution in [-0.4, -0.2) is 4.92 Å².